The maximum absolute atomic E-state index is 10.3. The van der Waals surface area contributed by atoms with Gasteiger partial charge in [-0.2, -0.15) is 0 Å². The van der Waals surface area contributed by atoms with Crippen molar-refractivity contribution in [2.45, 2.75) is 52.6 Å². The molecule has 2 unspecified atom stereocenters. The minimum absolute atomic E-state index is 0.294. The van der Waals surface area contributed by atoms with E-state index in [4.69, 9.17) is 0 Å². The van der Waals surface area contributed by atoms with E-state index in [1.54, 1.807) is 0 Å². The molecular formula is C15H24O. The Hall–Kier alpha value is -0.820. The van der Waals surface area contributed by atoms with Crippen LogP contribution in [0.5, 0.6) is 0 Å². The van der Waals surface area contributed by atoms with Crippen LogP contribution in [0.25, 0.3) is 0 Å². The summed E-state index contributed by atoms with van der Waals surface area (Å²) >= 11 is 0. The zero-order valence-electron chi connectivity index (χ0n) is 10.7. The van der Waals surface area contributed by atoms with Crippen molar-refractivity contribution in [2.24, 2.45) is 5.92 Å². The molecule has 1 nitrogen and oxygen atoms in total. The molecule has 1 N–H and O–H groups in total. The van der Waals surface area contributed by atoms with E-state index in [0.29, 0.717) is 5.92 Å². The highest BCUT2D eigenvalue weighted by Crippen LogP contribution is 2.28. The minimum Gasteiger partial charge on any atom is -0.388 e. The molecule has 1 aromatic rings. The summed E-state index contributed by atoms with van der Waals surface area (Å²) in [4.78, 5) is 0. The lowest BCUT2D eigenvalue weighted by molar-refractivity contribution is 0.0989. The van der Waals surface area contributed by atoms with Gasteiger partial charge >= 0.3 is 0 Å². The van der Waals surface area contributed by atoms with Gasteiger partial charge in [0.15, 0.2) is 0 Å². The second-order valence-electron chi connectivity index (χ2n) is 4.67. The average molecular weight is 220 g/mol. The van der Waals surface area contributed by atoms with Gasteiger partial charge in [-0.3, -0.25) is 0 Å². The van der Waals surface area contributed by atoms with Gasteiger partial charge in [0.05, 0.1) is 6.10 Å². The Morgan fingerprint density at radius 1 is 1.12 bits per heavy atom. The fourth-order valence-corrected chi connectivity index (χ4v) is 2.09. The van der Waals surface area contributed by atoms with Crippen LogP contribution in [-0.2, 0) is 0 Å². The van der Waals surface area contributed by atoms with E-state index in [1.165, 1.54) is 18.4 Å². The lowest BCUT2D eigenvalue weighted by atomic mass is 9.89. The van der Waals surface area contributed by atoms with Crippen LogP contribution in [0.15, 0.2) is 24.3 Å². The normalized spacial score (nSPS) is 14.8. The second-order valence-corrected chi connectivity index (χ2v) is 4.67. The van der Waals surface area contributed by atoms with E-state index >= 15 is 0 Å². The molecule has 1 aromatic carbocycles. The predicted octanol–water partition coefficient (Wildman–Crippen LogP) is 4.24. The zero-order valence-corrected chi connectivity index (χ0v) is 10.7. The molecule has 0 aromatic heterocycles. The highest BCUT2D eigenvalue weighted by molar-refractivity contribution is 5.23. The number of unbranched alkanes of at least 4 members (excludes halogenated alkanes) is 1. The third-order valence-corrected chi connectivity index (χ3v) is 3.32. The van der Waals surface area contributed by atoms with Crippen LogP contribution in [-0.4, -0.2) is 5.11 Å². The summed E-state index contributed by atoms with van der Waals surface area (Å²) < 4.78 is 0. The van der Waals surface area contributed by atoms with Crippen LogP contribution in [0.2, 0.25) is 0 Å². The molecule has 90 valence electrons. The van der Waals surface area contributed by atoms with Gasteiger partial charge in [-0.1, -0.05) is 62.9 Å². The Morgan fingerprint density at radius 3 is 2.25 bits per heavy atom. The van der Waals surface area contributed by atoms with Crippen molar-refractivity contribution in [1.82, 2.24) is 0 Å². The molecule has 0 fully saturated rings. The average Bonchev–Trinajstić information content (AvgIpc) is 2.30. The first-order valence-corrected chi connectivity index (χ1v) is 6.43. The molecule has 0 saturated carbocycles. The van der Waals surface area contributed by atoms with Crippen LogP contribution in [0.4, 0.5) is 0 Å². The van der Waals surface area contributed by atoms with Crippen molar-refractivity contribution >= 4 is 0 Å². The molecule has 16 heavy (non-hydrogen) atoms. The second kappa shape index (κ2) is 6.70. The van der Waals surface area contributed by atoms with Gasteiger partial charge in [-0.25, -0.2) is 0 Å². The van der Waals surface area contributed by atoms with Crippen LogP contribution >= 0.6 is 0 Å². The number of hydrogen-bond donors (Lipinski definition) is 1. The van der Waals surface area contributed by atoms with Crippen LogP contribution in [0, 0.1) is 12.8 Å². The number of aryl methyl sites for hydroxylation is 1. The van der Waals surface area contributed by atoms with Gasteiger partial charge in [0.25, 0.3) is 0 Å². The molecular weight excluding hydrogens is 196 g/mol. The molecule has 0 aliphatic carbocycles. The zero-order chi connectivity index (χ0) is 12.0. The quantitative estimate of drug-likeness (QED) is 0.760. The lowest BCUT2D eigenvalue weighted by Gasteiger charge is -2.21. The first kappa shape index (κ1) is 13.2. The monoisotopic (exact) mass is 220 g/mol. The summed E-state index contributed by atoms with van der Waals surface area (Å²) in [7, 11) is 0. The summed E-state index contributed by atoms with van der Waals surface area (Å²) in [5.41, 5.74) is 2.31. The van der Waals surface area contributed by atoms with Gasteiger partial charge in [0.2, 0.25) is 0 Å². The Bertz CT molecular complexity index is 289. The Labute approximate surface area is 99.5 Å². The molecule has 0 radical (unpaired) electrons. The van der Waals surface area contributed by atoms with E-state index in [0.717, 1.165) is 18.4 Å². The third kappa shape index (κ3) is 3.64. The molecule has 0 bridgehead atoms. The molecule has 0 amide bonds. The predicted molar refractivity (Wildman–Crippen MR) is 69.4 cm³/mol. The number of aliphatic hydroxyl groups is 1. The molecule has 0 saturated heterocycles. The van der Waals surface area contributed by atoms with Crippen LogP contribution in [0.1, 0.15) is 56.8 Å². The SMILES string of the molecule is CCCCC(CC)C(O)c1ccc(C)cc1. The number of aliphatic hydroxyl groups excluding tert-OH is 1. The maximum atomic E-state index is 10.3. The van der Waals surface area contributed by atoms with Gasteiger partial charge in [0.1, 0.15) is 0 Å². The fraction of sp³-hybridized carbons (Fsp3) is 0.600. The summed E-state index contributed by atoms with van der Waals surface area (Å²) in [6.07, 6.45) is 4.30. The largest absolute Gasteiger partial charge is 0.388 e. The minimum atomic E-state index is -0.294. The standard InChI is InChI=1S/C15H24O/c1-4-6-7-13(5-2)15(16)14-10-8-12(3)9-11-14/h8-11,13,15-16H,4-7H2,1-3H3. The molecule has 1 rings (SSSR count). The molecule has 0 spiro atoms. The lowest BCUT2D eigenvalue weighted by Crippen LogP contribution is -2.11. The smallest absolute Gasteiger partial charge is 0.0818 e. The topological polar surface area (TPSA) is 20.2 Å². The van der Waals surface area contributed by atoms with Crippen molar-refractivity contribution in [3.63, 3.8) is 0 Å². The molecule has 0 heterocycles. The fourth-order valence-electron chi connectivity index (χ4n) is 2.09. The van der Waals surface area contributed by atoms with Crippen molar-refractivity contribution in [3.8, 4) is 0 Å². The van der Waals surface area contributed by atoms with Gasteiger partial charge < -0.3 is 5.11 Å². The highest BCUT2D eigenvalue weighted by Gasteiger charge is 2.18. The van der Waals surface area contributed by atoms with Crippen molar-refractivity contribution in [2.75, 3.05) is 0 Å². The first-order chi connectivity index (χ1) is 7.69. The van der Waals surface area contributed by atoms with Gasteiger partial charge in [-0.15, -0.1) is 0 Å². The van der Waals surface area contributed by atoms with Crippen molar-refractivity contribution in [1.29, 1.82) is 0 Å². The van der Waals surface area contributed by atoms with E-state index in [9.17, 15) is 5.11 Å². The first-order valence-electron chi connectivity index (χ1n) is 6.43. The van der Waals surface area contributed by atoms with Crippen molar-refractivity contribution in [3.05, 3.63) is 35.4 Å². The molecule has 2 atom stereocenters. The van der Waals surface area contributed by atoms with E-state index < -0.39 is 0 Å². The third-order valence-electron chi connectivity index (χ3n) is 3.32. The van der Waals surface area contributed by atoms with E-state index in [2.05, 4.69) is 45.0 Å². The Kier molecular flexibility index (Phi) is 5.54. The summed E-state index contributed by atoms with van der Waals surface area (Å²) in [6.45, 7) is 6.44. The Morgan fingerprint density at radius 2 is 1.75 bits per heavy atom. The van der Waals surface area contributed by atoms with Crippen LogP contribution < -0.4 is 0 Å². The van der Waals surface area contributed by atoms with E-state index in [1.807, 2.05) is 0 Å². The highest BCUT2D eigenvalue weighted by atomic mass is 16.3. The number of rotatable bonds is 6. The number of hydrogen-bond acceptors (Lipinski definition) is 1. The number of benzene rings is 1. The summed E-state index contributed by atoms with van der Waals surface area (Å²) in [5, 5.41) is 10.3. The molecule has 0 aliphatic rings. The summed E-state index contributed by atoms with van der Waals surface area (Å²) in [6, 6.07) is 8.25. The molecule has 0 aliphatic heterocycles. The van der Waals surface area contributed by atoms with E-state index in [-0.39, 0.29) is 6.10 Å². The Balaban J connectivity index is 2.66. The maximum Gasteiger partial charge on any atom is 0.0818 e. The van der Waals surface area contributed by atoms with Gasteiger partial charge in [0, 0.05) is 0 Å². The molecule has 1 heteroatoms. The summed E-state index contributed by atoms with van der Waals surface area (Å²) in [5.74, 6) is 0.405. The van der Waals surface area contributed by atoms with Gasteiger partial charge in [-0.05, 0) is 24.8 Å². The van der Waals surface area contributed by atoms with Crippen molar-refractivity contribution < 1.29 is 5.11 Å². The van der Waals surface area contributed by atoms with Crippen LogP contribution in [0.3, 0.4) is 0 Å².